The average molecular weight is 384 g/mol. The molecule has 0 unspecified atom stereocenters. The molecule has 1 aromatic carbocycles. The predicted molar refractivity (Wildman–Crippen MR) is 73.2 cm³/mol. The predicted octanol–water partition coefficient (Wildman–Crippen LogP) is 3.00. The van der Waals surface area contributed by atoms with Crippen molar-refractivity contribution in [2.45, 2.75) is 11.1 Å². The topological polar surface area (TPSA) is 64.0 Å². The minimum atomic E-state index is -4.79. The first-order valence-electron chi connectivity index (χ1n) is 5.49. The van der Waals surface area contributed by atoms with Gasteiger partial charge in [0.15, 0.2) is 0 Å². The number of sulfonamides is 1. The Morgan fingerprint density at radius 1 is 1.29 bits per heavy atom. The molecule has 0 amide bonds. The number of aromatic nitrogens is 2. The van der Waals surface area contributed by atoms with Crippen molar-refractivity contribution < 1.29 is 21.6 Å². The van der Waals surface area contributed by atoms with Crippen molar-refractivity contribution in [1.29, 1.82) is 0 Å². The van der Waals surface area contributed by atoms with Crippen molar-refractivity contribution in [3.63, 3.8) is 0 Å². The van der Waals surface area contributed by atoms with Gasteiger partial charge < -0.3 is 0 Å². The largest absolute Gasteiger partial charge is 0.417 e. The highest BCUT2D eigenvalue weighted by Gasteiger charge is 2.37. The quantitative estimate of drug-likeness (QED) is 0.885. The van der Waals surface area contributed by atoms with Crippen LogP contribution in [0.15, 0.2) is 39.8 Å². The summed E-state index contributed by atoms with van der Waals surface area (Å²) in [4.78, 5) is -0.848. The van der Waals surface area contributed by atoms with Crippen LogP contribution in [0.1, 0.15) is 5.56 Å². The molecule has 0 aliphatic rings. The number of hydrogen-bond donors (Lipinski definition) is 1. The Kier molecular flexibility index (Phi) is 4.02. The lowest BCUT2D eigenvalue weighted by atomic mass is 10.2. The van der Waals surface area contributed by atoms with Crippen LogP contribution in [0, 0.1) is 0 Å². The van der Waals surface area contributed by atoms with Crippen molar-refractivity contribution in [3.05, 3.63) is 40.5 Å². The molecule has 21 heavy (non-hydrogen) atoms. The average Bonchev–Trinajstić information content (AvgIpc) is 2.73. The molecule has 1 aromatic heterocycles. The van der Waals surface area contributed by atoms with E-state index in [4.69, 9.17) is 0 Å². The summed E-state index contributed by atoms with van der Waals surface area (Å²) < 4.78 is 66.7. The van der Waals surface area contributed by atoms with Crippen molar-refractivity contribution in [2.24, 2.45) is 7.05 Å². The molecular weight excluding hydrogens is 375 g/mol. The fourth-order valence-electron chi connectivity index (χ4n) is 1.62. The van der Waals surface area contributed by atoms with E-state index in [2.05, 4.69) is 25.8 Å². The summed E-state index contributed by atoms with van der Waals surface area (Å²) in [5.74, 6) is 0.0612. The molecule has 0 saturated heterocycles. The van der Waals surface area contributed by atoms with Gasteiger partial charge >= 0.3 is 6.18 Å². The zero-order valence-electron chi connectivity index (χ0n) is 10.5. The number of benzene rings is 1. The smallest absolute Gasteiger partial charge is 0.264 e. The maximum atomic E-state index is 13.0. The minimum Gasteiger partial charge on any atom is -0.264 e. The molecule has 0 radical (unpaired) electrons. The summed E-state index contributed by atoms with van der Waals surface area (Å²) >= 11 is 2.90. The van der Waals surface area contributed by atoms with E-state index in [1.165, 1.54) is 30.1 Å². The maximum Gasteiger partial charge on any atom is 0.417 e. The number of hydrogen-bond acceptors (Lipinski definition) is 3. The Morgan fingerprint density at radius 2 is 1.95 bits per heavy atom. The normalized spacial score (nSPS) is 12.4. The lowest BCUT2D eigenvalue weighted by Gasteiger charge is -2.14. The van der Waals surface area contributed by atoms with Gasteiger partial charge in [-0.25, -0.2) is 8.42 Å². The number of alkyl halides is 3. The van der Waals surface area contributed by atoms with Crippen LogP contribution >= 0.6 is 15.9 Å². The van der Waals surface area contributed by atoms with Crippen LogP contribution in [0.4, 0.5) is 19.0 Å². The molecule has 0 saturated carbocycles. The van der Waals surface area contributed by atoms with Gasteiger partial charge in [-0.05, 0) is 18.2 Å². The lowest BCUT2D eigenvalue weighted by Crippen LogP contribution is -2.20. The highest BCUT2D eigenvalue weighted by Crippen LogP contribution is 2.36. The number of anilines is 1. The molecule has 0 aliphatic carbocycles. The number of aryl methyl sites for hydroxylation is 1. The van der Waals surface area contributed by atoms with Gasteiger partial charge in [0.2, 0.25) is 0 Å². The molecule has 1 N–H and O–H groups in total. The van der Waals surface area contributed by atoms with Crippen LogP contribution in [0.25, 0.3) is 0 Å². The Morgan fingerprint density at radius 3 is 2.48 bits per heavy atom. The van der Waals surface area contributed by atoms with Crippen LogP contribution in [-0.2, 0) is 23.2 Å². The third-order valence-corrected chi connectivity index (χ3v) is 4.50. The molecule has 0 spiro atoms. The molecule has 2 rings (SSSR count). The molecule has 10 heteroatoms. The number of rotatable bonds is 3. The third-order valence-electron chi connectivity index (χ3n) is 2.60. The van der Waals surface area contributed by atoms with Crippen molar-refractivity contribution in [2.75, 3.05) is 4.72 Å². The van der Waals surface area contributed by atoms with Gasteiger partial charge in [-0.2, -0.15) is 18.3 Å². The maximum absolute atomic E-state index is 13.0. The van der Waals surface area contributed by atoms with Gasteiger partial charge in [0.1, 0.15) is 5.82 Å². The first-order chi connectivity index (χ1) is 9.61. The lowest BCUT2D eigenvalue weighted by molar-refractivity contribution is -0.139. The van der Waals surface area contributed by atoms with E-state index in [-0.39, 0.29) is 10.3 Å². The van der Waals surface area contributed by atoms with Crippen molar-refractivity contribution >= 4 is 31.8 Å². The summed E-state index contributed by atoms with van der Waals surface area (Å²) in [5.41, 5.74) is -1.24. The second kappa shape index (κ2) is 5.34. The van der Waals surface area contributed by atoms with Crippen LogP contribution in [0.2, 0.25) is 0 Å². The van der Waals surface area contributed by atoms with E-state index < -0.39 is 26.7 Å². The zero-order chi connectivity index (χ0) is 15.8. The molecule has 2 aromatic rings. The van der Waals surface area contributed by atoms with Crippen LogP contribution in [0.3, 0.4) is 0 Å². The minimum absolute atomic E-state index is 0.0612. The van der Waals surface area contributed by atoms with Crippen molar-refractivity contribution in [3.8, 4) is 0 Å². The van der Waals surface area contributed by atoms with E-state index in [0.29, 0.717) is 0 Å². The Labute approximate surface area is 127 Å². The molecule has 5 nitrogen and oxygen atoms in total. The fourth-order valence-corrected chi connectivity index (χ4v) is 3.28. The Bertz CT molecular complexity index is 771. The summed E-state index contributed by atoms with van der Waals surface area (Å²) in [6.45, 7) is 0. The summed E-state index contributed by atoms with van der Waals surface area (Å²) in [5, 5.41) is 3.74. The highest BCUT2D eigenvalue weighted by atomic mass is 79.9. The molecule has 1 heterocycles. The van der Waals surface area contributed by atoms with Crippen LogP contribution < -0.4 is 4.72 Å². The first kappa shape index (κ1) is 15.8. The number of nitrogens with one attached hydrogen (secondary N) is 1. The second-order valence-corrected chi connectivity index (χ2v) is 6.65. The number of nitrogens with zero attached hydrogens (tertiary/aromatic N) is 2. The van der Waals surface area contributed by atoms with Gasteiger partial charge in [-0.3, -0.25) is 9.40 Å². The van der Waals surface area contributed by atoms with Crippen molar-refractivity contribution in [1.82, 2.24) is 9.78 Å². The Balaban J connectivity index is 2.53. The van der Waals surface area contributed by atoms with Gasteiger partial charge in [0.05, 0.1) is 16.7 Å². The highest BCUT2D eigenvalue weighted by molar-refractivity contribution is 9.10. The third kappa shape index (κ3) is 3.38. The summed E-state index contributed by atoms with van der Waals surface area (Å²) in [7, 11) is -2.93. The monoisotopic (exact) mass is 383 g/mol. The van der Waals surface area contributed by atoms with E-state index >= 15 is 0 Å². The summed E-state index contributed by atoms with van der Waals surface area (Å²) in [6, 6.07) is 4.18. The zero-order valence-corrected chi connectivity index (χ0v) is 12.9. The SMILES string of the molecule is Cn1nccc1NS(=O)(=O)c1ccc(Br)cc1C(F)(F)F. The molecule has 0 atom stereocenters. The molecular formula is C11H9BrF3N3O2S. The first-order valence-corrected chi connectivity index (χ1v) is 7.76. The van der Waals surface area contributed by atoms with Gasteiger partial charge in [0.25, 0.3) is 10.0 Å². The van der Waals surface area contributed by atoms with Crippen LogP contribution in [0.5, 0.6) is 0 Å². The van der Waals surface area contributed by atoms with Gasteiger partial charge in [-0.15, -0.1) is 0 Å². The van der Waals surface area contributed by atoms with Gasteiger partial charge in [-0.1, -0.05) is 15.9 Å². The number of halogens is 4. The molecule has 0 aliphatic heterocycles. The standard InChI is InChI=1S/C11H9BrF3N3O2S/c1-18-10(4-5-16-18)17-21(19,20)9-3-2-7(12)6-8(9)11(13,14)15/h2-6,17H,1H3. The van der Waals surface area contributed by atoms with E-state index in [0.717, 1.165) is 12.1 Å². The fraction of sp³-hybridized carbons (Fsp3) is 0.182. The van der Waals surface area contributed by atoms with E-state index in [1.54, 1.807) is 0 Å². The molecule has 114 valence electrons. The van der Waals surface area contributed by atoms with Gasteiger partial charge in [0, 0.05) is 17.6 Å². The van der Waals surface area contributed by atoms with Crippen LogP contribution in [-0.4, -0.2) is 18.2 Å². The van der Waals surface area contributed by atoms with E-state index in [1.807, 2.05) is 0 Å². The molecule has 0 fully saturated rings. The summed E-state index contributed by atoms with van der Waals surface area (Å²) in [6.07, 6.45) is -3.47. The Hall–Kier alpha value is -1.55. The molecule has 0 bridgehead atoms. The van der Waals surface area contributed by atoms with E-state index in [9.17, 15) is 21.6 Å². The second-order valence-electron chi connectivity index (χ2n) is 4.08.